The summed E-state index contributed by atoms with van der Waals surface area (Å²) in [6.07, 6.45) is 0. The van der Waals surface area contributed by atoms with E-state index in [1.165, 1.54) is 30.3 Å². The van der Waals surface area contributed by atoms with Crippen molar-refractivity contribution in [2.24, 2.45) is 0 Å². The van der Waals surface area contributed by atoms with Gasteiger partial charge in [-0.1, -0.05) is 11.6 Å². The number of sulfonamides is 1. The van der Waals surface area contributed by atoms with Gasteiger partial charge in [-0.3, -0.25) is 9.10 Å². The lowest BCUT2D eigenvalue weighted by atomic mass is 10.2. The highest BCUT2D eigenvalue weighted by atomic mass is 35.5. The molecule has 8 nitrogen and oxygen atoms in total. The summed E-state index contributed by atoms with van der Waals surface area (Å²) < 4.78 is 51.4. The van der Waals surface area contributed by atoms with E-state index in [2.05, 4.69) is 5.32 Å². The fourth-order valence-corrected chi connectivity index (χ4v) is 4.85. The molecule has 0 aliphatic carbocycles. The molecule has 0 unspecified atom stereocenters. The number of rotatable bonds is 10. The third-order valence-corrected chi connectivity index (χ3v) is 6.98. The number of benzene rings is 3. The van der Waals surface area contributed by atoms with Crippen LogP contribution in [0.3, 0.4) is 0 Å². The number of halogens is 2. The molecule has 36 heavy (non-hydrogen) atoms. The molecule has 3 aromatic carbocycles. The first-order chi connectivity index (χ1) is 17.1. The van der Waals surface area contributed by atoms with E-state index in [0.717, 1.165) is 28.6 Å². The molecule has 190 valence electrons. The maximum absolute atomic E-state index is 13.4. The van der Waals surface area contributed by atoms with Crippen molar-refractivity contribution in [1.29, 1.82) is 0 Å². The fraction of sp³-hybridized carbons (Fsp3) is 0.200. The fourth-order valence-electron chi connectivity index (χ4n) is 3.20. The molecule has 0 bridgehead atoms. The summed E-state index contributed by atoms with van der Waals surface area (Å²) in [5.74, 6) is -1.33. The number of anilines is 2. The van der Waals surface area contributed by atoms with Gasteiger partial charge in [0.05, 0.1) is 40.1 Å². The lowest BCUT2D eigenvalue weighted by Gasteiger charge is -2.24. The number of carbonyl (C=O) groups excluding carboxylic acids is 2. The topological polar surface area (TPSA) is 102 Å². The summed E-state index contributed by atoms with van der Waals surface area (Å²) >= 11 is 6.22. The van der Waals surface area contributed by atoms with E-state index >= 15 is 0 Å². The Morgan fingerprint density at radius 2 is 1.64 bits per heavy atom. The Kier molecular flexibility index (Phi) is 8.89. The highest BCUT2D eigenvalue weighted by Gasteiger charge is 2.28. The predicted molar refractivity (Wildman–Crippen MR) is 135 cm³/mol. The Morgan fingerprint density at radius 3 is 2.22 bits per heavy atom. The normalized spacial score (nSPS) is 11.0. The molecule has 11 heteroatoms. The van der Waals surface area contributed by atoms with E-state index in [1.807, 2.05) is 6.92 Å². The average molecular weight is 535 g/mol. The van der Waals surface area contributed by atoms with Crippen LogP contribution in [0.4, 0.5) is 15.8 Å². The van der Waals surface area contributed by atoms with Crippen molar-refractivity contribution in [2.75, 3.05) is 29.4 Å². The zero-order valence-corrected chi connectivity index (χ0v) is 21.1. The maximum Gasteiger partial charge on any atom is 0.338 e. The summed E-state index contributed by atoms with van der Waals surface area (Å²) in [5.41, 5.74) is 0.581. The van der Waals surface area contributed by atoms with Gasteiger partial charge in [0, 0.05) is 0 Å². The monoisotopic (exact) mass is 534 g/mol. The summed E-state index contributed by atoms with van der Waals surface area (Å²) in [6, 6.07) is 14.6. The van der Waals surface area contributed by atoms with Crippen LogP contribution in [0.2, 0.25) is 5.02 Å². The van der Waals surface area contributed by atoms with Crippen LogP contribution in [-0.2, 0) is 19.6 Å². The van der Waals surface area contributed by atoms with Crippen LogP contribution in [-0.4, -0.2) is 40.1 Å². The molecule has 1 N–H and O–H groups in total. The van der Waals surface area contributed by atoms with Gasteiger partial charge < -0.3 is 14.8 Å². The number of hydrogen-bond acceptors (Lipinski definition) is 6. The van der Waals surface area contributed by atoms with Crippen LogP contribution >= 0.6 is 11.6 Å². The summed E-state index contributed by atoms with van der Waals surface area (Å²) in [4.78, 5) is 24.6. The summed E-state index contributed by atoms with van der Waals surface area (Å²) in [6.45, 7) is 3.50. The second-order valence-corrected chi connectivity index (χ2v) is 9.63. The molecule has 0 radical (unpaired) electrons. The first kappa shape index (κ1) is 27.0. The number of esters is 1. The van der Waals surface area contributed by atoms with Gasteiger partial charge >= 0.3 is 5.97 Å². The van der Waals surface area contributed by atoms with Gasteiger partial charge in [-0.25, -0.2) is 17.6 Å². The van der Waals surface area contributed by atoms with E-state index in [1.54, 1.807) is 19.1 Å². The molecule has 0 aliphatic rings. The van der Waals surface area contributed by atoms with E-state index in [0.29, 0.717) is 12.4 Å². The number of ether oxygens (including phenoxy) is 2. The lowest BCUT2D eigenvalue weighted by molar-refractivity contribution is -0.114. The highest BCUT2D eigenvalue weighted by molar-refractivity contribution is 7.92. The van der Waals surface area contributed by atoms with E-state index < -0.39 is 34.3 Å². The van der Waals surface area contributed by atoms with Gasteiger partial charge in [-0.2, -0.15) is 0 Å². The third kappa shape index (κ3) is 6.52. The van der Waals surface area contributed by atoms with Crippen molar-refractivity contribution in [3.63, 3.8) is 0 Å². The molecule has 0 atom stereocenters. The minimum Gasteiger partial charge on any atom is -0.494 e. The molecule has 0 aromatic heterocycles. The maximum atomic E-state index is 13.4. The first-order valence-corrected chi connectivity index (χ1v) is 12.7. The van der Waals surface area contributed by atoms with Gasteiger partial charge in [-0.05, 0) is 80.6 Å². The number of hydrogen-bond donors (Lipinski definition) is 1. The molecular formula is C25H24ClFN2O6S. The van der Waals surface area contributed by atoms with Crippen molar-refractivity contribution >= 4 is 44.9 Å². The largest absolute Gasteiger partial charge is 0.494 e. The quantitative estimate of drug-likeness (QED) is 0.372. The molecule has 0 saturated carbocycles. The van der Waals surface area contributed by atoms with Crippen molar-refractivity contribution in [3.8, 4) is 5.75 Å². The van der Waals surface area contributed by atoms with Crippen LogP contribution in [0.5, 0.6) is 5.75 Å². The Bertz CT molecular complexity index is 1330. The summed E-state index contributed by atoms with van der Waals surface area (Å²) in [5, 5.41) is 2.63. The van der Waals surface area contributed by atoms with Gasteiger partial charge in [0.25, 0.3) is 10.0 Å². The lowest BCUT2D eigenvalue weighted by Crippen LogP contribution is -2.38. The van der Waals surface area contributed by atoms with Gasteiger partial charge in [0.15, 0.2) is 0 Å². The smallest absolute Gasteiger partial charge is 0.338 e. The number of carbonyl (C=O) groups is 2. The molecule has 3 aromatic rings. The molecule has 3 rings (SSSR count). The predicted octanol–water partition coefficient (Wildman–Crippen LogP) is 4.89. The van der Waals surface area contributed by atoms with E-state index in [-0.39, 0.29) is 33.5 Å². The van der Waals surface area contributed by atoms with Gasteiger partial charge in [-0.15, -0.1) is 0 Å². The van der Waals surface area contributed by atoms with Gasteiger partial charge in [0.2, 0.25) is 5.91 Å². The van der Waals surface area contributed by atoms with Crippen LogP contribution in [0.1, 0.15) is 24.2 Å². The molecule has 1 amide bonds. The molecule has 0 aliphatic heterocycles. The number of nitrogens with zero attached hydrogens (tertiary/aromatic N) is 1. The van der Waals surface area contributed by atoms with Crippen molar-refractivity contribution in [1.82, 2.24) is 0 Å². The Hall–Kier alpha value is -3.63. The first-order valence-electron chi connectivity index (χ1n) is 10.9. The SMILES string of the molecule is CCOC(=O)c1ccc(NC(=O)CN(c2ccc(OCC)cc2)S(=O)(=O)c2ccc(F)cc2)c(Cl)c1. The van der Waals surface area contributed by atoms with Crippen LogP contribution in [0.15, 0.2) is 71.6 Å². The second-order valence-electron chi connectivity index (χ2n) is 7.36. The van der Waals surface area contributed by atoms with Crippen LogP contribution < -0.4 is 14.4 Å². The zero-order valence-electron chi connectivity index (χ0n) is 19.5. The minimum atomic E-state index is -4.25. The van der Waals surface area contributed by atoms with E-state index in [9.17, 15) is 22.4 Å². The van der Waals surface area contributed by atoms with Crippen LogP contribution in [0.25, 0.3) is 0 Å². The zero-order chi connectivity index (χ0) is 26.3. The van der Waals surface area contributed by atoms with Crippen molar-refractivity contribution in [3.05, 3.63) is 83.1 Å². The number of nitrogens with one attached hydrogen (secondary N) is 1. The highest BCUT2D eigenvalue weighted by Crippen LogP contribution is 2.27. The van der Waals surface area contributed by atoms with Crippen molar-refractivity contribution in [2.45, 2.75) is 18.7 Å². The Morgan fingerprint density at radius 1 is 0.972 bits per heavy atom. The standard InChI is InChI=1S/C25H24ClFN2O6S/c1-3-34-20-10-8-19(9-11-20)29(36(32,33)21-12-6-18(27)7-13-21)16-24(30)28-23-14-5-17(15-22(23)26)25(31)35-4-2/h5-15H,3-4,16H2,1-2H3,(H,28,30). The number of amides is 1. The Balaban J connectivity index is 1.89. The molecule has 0 heterocycles. The molecule has 0 spiro atoms. The molecular weight excluding hydrogens is 511 g/mol. The van der Waals surface area contributed by atoms with Crippen LogP contribution in [0, 0.1) is 5.82 Å². The van der Waals surface area contributed by atoms with E-state index in [4.69, 9.17) is 21.1 Å². The summed E-state index contributed by atoms with van der Waals surface area (Å²) in [7, 11) is -4.25. The van der Waals surface area contributed by atoms with Gasteiger partial charge in [0.1, 0.15) is 18.1 Å². The Labute approximate surface area is 213 Å². The average Bonchev–Trinajstić information content (AvgIpc) is 2.85. The minimum absolute atomic E-state index is 0.0721. The molecule has 0 saturated heterocycles. The van der Waals surface area contributed by atoms with Crippen molar-refractivity contribution < 1.29 is 31.9 Å². The third-order valence-electron chi connectivity index (χ3n) is 4.88. The molecule has 0 fully saturated rings. The second kappa shape index (κ2) is 11.9.